The van der Waals surface area contributed by atoms with Crippen LogP contribution in [0.2, 0.25) is 0 Å². The number of nitrogens with zero attached hydrogens (tertiary/aromatic N) is 4. The molecule has 0 spiro atoms. The summed E-state index contributed by atoms with van der Waals surface area (Å²) < 4.78 is 10.0. The van der Waals surface area contributed by atoms with Gasteiger partial charge in [0.15, 0.2) is 0 Å². The second-order valence-electron chi connectivity index (χ2n) is 5.38. The van der Waals surface area contributed by atoms with Crippen molar-refractivity contribution in [2.24, 2.45) is 0 Å². The number of rotatable bonds is 4. The Bertz CT molecular complexity index is 746. The van der Waals surface area contributed by atoms with Crippen LogP contribution in [0.25, 0.3) is 5.69 Å². The zero-order valence-electron chi connectivity index (χ0n) is 15.5. The number of amides is 1. The zero-order valence-corrected chi connectivity index (χ0v) is 15.5. The van der Waals surface area contributed by atoms with Gasteiger partial charge in [-0.1, -0.05) is 13.8 Å². The summed E-state index contributed by atoms with van der Waals surface area (Å²) in [5.41, 5.74) is 0.905. The van der Waals surface area contributed by atoms with E-state index in [1.165, 1.54) is 36.3 Å². The van der Waals surface area contributed by atoms with Gasteiger partial charge in [0, 0.05) is 6.54 Å². The van der Waals surface area contributed by atoms with E-state index >= 15 is 0 Å². The van der Waals surface area contributed by atoms with Crippen LogP contribution in [-0.2, 0) is 9.53 Å². The number of methoxy groups -OCH3 is 2. The third-order valence-electron chi connectivity index (χ3n) is 4.06. The van der Waals surface area contributed by atoms with Crippen molar-refractivity contribution in [1.82, 2.24) is 19.9 Å². The molecule has 1 fully saturated rings. The minimum Gasteiger partial charge on any atom is -0.497 e. The Balaban J connectivity index is 0.00000117. The fourth-order valence-corrected chi connectivity index (χ4v) is 2.87. The van der Waals surface area contributed by atoms with Crippen LogP contribution in [0.15, 0.2) is 30.6 Å². The summed E-state index contributed by atoms with van der Waals surface area (Å²) in [5, 5.41) is 8.17. The Kier molecular flexibility index (Phi) is 6.71. The summed E-state index contributed by atoms with van der Waals surface area (Å²) in [7, 11) is 2.86. The van der Waals surface area contributed by atoms with Gasteiger partial charge in [0.2, 0.25) is 0 Å². The standard InChI is InChI=1S/C16H18N4O4.C2H6/c1-23-11-5-6-13(20-17-7-8-18-20)12(10-11)15(21)19-9-3-4-14(19)16(22)24-2;1-2/h5-8,10,14H,3-4,9H2,1-2H3;1-2H3. The molecular formula is C18H24N4O4. The van der Waals surface area contributed by atoms with Crippen molar-refractivity contribution >= 4 is 11.9 Å². The number of hydrogen-bond donors (Lipinski definition) is 0. The van der Waals surface area contributed by atoms with E-state index in [1.807, 2.05) is 13.8 Å². The largest absolute Gasteiger partial charge is 0.497 e. The molecule has 1 aliphatic rings. The third-order valence-corrected chi connectivity index (χ3v) is 4.06. The highest BCUT2D eigenvalue weighted by molar-refractivity contribution is 6.00. The van der Waals surface area contributed by atoms with Crippen molar-refractivity contribution in [3.63, 3.8) is 0 Å². The van der Waals surface area contributed by atoms with Gasteiger partial charge < -0.3 is 14.4 Å². The zero-order chi connectivity index (χ0) is 19.1. The Morgan fingerprint density at radius 3 is 2.46 bits per heavy atom. The number of likely N-dealkylation sites (tertiary alicyclic amines) is 1. The molecule has 1 aromatic heterocycles. The highest BCUT2D eigenvalue weighted by Gasteiger charge is 2.36. The fraction of sp³-hybridized carbons (Fsp3) is 0.444. The molecule has 0 radical (unpaired) electrons. The van der Waals surface area contributed by atoms with Crippen LogP contribution >= 0.6 is 0 Å². The molecule has 1 aromatic carbocycles. The molecule has 0 N–H and O–H groups in total. The summed E-state index contributed by atoms with van der Waals surface area (Å²) in [4.78, 5) is 27.9. The van der Waals surface area contributed by atoms with Crippen LogP contribution in [0.5, 0.6) is 5.75 Å². The molecule has 1 saturated heterocycles. The van der Waals surface area contributed by atoms with Gasteiger partial charge in [-0.2, -0.15) is 15.0 Å². The molecular weight excluding hydrogens is 336 g/mol. The van der Waals surface area contributed by atoms with E-state index in [4.69, 9.17) is 9.47 Å². The van der Waals surface area contributed by atoms with Gasteiger partial charge in [0.25, 0.3) is 5.91 Å². The number of aromatic nitrogens is 3. The first kappa shape index (κ1) is 19.4. The Labute approximate surface area is 152 Å². The van der Waals surface area contributed by atoms with Gasteiger partial charge >= 0.3 is 5.97 Å². The smallest absolute Gasteiger partial charge is 0.328 e. The Morgan fingerprint density at radius 1 is 1.15 bits per heavy atom. The van der Waals surface area contributed by atoms with Gasteiger partial charge in [-0.05, 0) is 31.0 Å². The first-order valence-corrected chi connectivity index (χ1v) is 8.59. The topological polar surface area (TPSA) is 86.5 Å². The van der Waals surface area contributed by atoms with E-state index in [0.29, 0.717) is 30.0 Å². The maximum absolute atomic E-state index is 13.1. The van der Waals surface area contributed by atoms with Gasteiger partial charge in [-0.15, -0.1) is 0 Å². The van der Waals surface area contributed by atoms with Crippen LogP contribution in [0, 0.1) is 0 Å². The predicted molar refractivity (Wildman–Crippen MR) is 95.3 cm³/mol. The molecule has 3 rings (SSSR count). The molecule has 1 aliphatic heterocycles. The molecule has 26 heavy (non-hydrogen) atoms. The highest BCUT2D eigenvalue weighted by Crippen LogP contribution is 2.26. The lowest BCUT2D eigenvalue weighted by molar-refractivity contribution is -0.145. The van der Waals surface area contributed by atoms with Gasteiger partial charge in [-0.3, -0.25) is 4.79 Å². The number of benzene rings is 1. The van der Waals surface area contributed by atoms with Gasteiger partial charge in [0.1, 0.15) is 11.8 Å². The van der Waals surface area contributed by atoms with Crippen molar-refractivity contribution in [2.45, 2.75) is 32.7 Å². The minimum atomic E-state index is -0.563. The molecule has 1 unspecified atom stereocenters. The summed E-state index contributed by atoms with van der Waals surface area (Å²) >= 11 is 0. The third kappa shape index (κ3) is 3.84. The van der Waals surface area contributed by atoms with Crippen LogP contribution in [0.3, 0.4) is 0 Å². The quantitative estimate of drug-likeness (QED) is 0.776. The number of carbonyl (C=O) groups is 2. The summed E-state index contributed by atoms with van der Waals surface area (Å²) in [6.07, 6.45) is 4.42. The van der Waals surface area contributed by atoms with Crippen LogP contribution in [-0.4, -0.2) is 58.6 Å². The molecule has 2 heterocycles. The van der Waals surface area contributed by atoms with Gasteiger partial charge in [-0.25, -0.2) is 4.79 Å². The van der Waals surface area contributed by atoms with E-state index in [0.717, 1.165) is 6.42 Å². The summed E-state index contributed by atoms with van der Waals surface area (Å²) in [5.74, 6) is -0.125. The molecule has 0 saturated carbocycles. The van der Waals surface area contributed by atoms with Crippen molar-refractivity contribution in [1.29, 1.82) is 0 Å². The predicted octanol–water partition coefficient (Wildman–Crippen LogP) is 2.08. The average molecular weight is 360 g/mol. The van der Waals surface area contributed by atoms with E-state index in [9.17, 15) is 9.59 Å². The van der Waals surface area contributed by atoms with E-state index < -0.39 is 12.0 Å². The molecule has 8 heteroatoms. The Morgan fingerprint density at radius 2 is 1.85 bits per heavy atom. The van der Waals surface area contributed by atoms with Crippen LogP contribution in [0.1, 0.15) is 37.0 Å². The number of hydrogen-bond acceptors (Lipinski definition) is 6. The Hall–Kier alpha value is -2.90. The summed E-state index contributed by atoms with van der Waals surface area (Å²) in [6, 6.07) is 4.52. The van der Waals surface area contributed by atoms with Crippen molar-refractivity contribution in [2.75, 3.05) is 20.8 Å². The molecule has 8 nitrogen and oxygen atoms in total. The van der Waals surface area contributed by atoms with E-state index in [-0.39, 0.29) is 5.91 Å². The first-order valence-electron chi connectivity index (χ1n) is 8.59. The van der Waals surface area contributed by atoms with Crippen molar-refractivity contribution < 1.29 is 19.1 Å². The SMILES string of the molecule is CC.COC(=O)C1CCCN1C(=O)c1cc(OC)ccc1-n1nccn1. The number of esters is 1. The van der Waals surface area contributed by atoms with Crippen molar-refractivity contribution in [3.8, 4) is 11.4 Å². The highest BCUT2D eigenvalue weighted by atomic mass is 16.5. The lowest BCUT2D eigenvalue weighted by Crippen LogP contribution is -2.41. The van der Waals surface area contributed by atoms with Crippen LogP contribution < -0.4 is 4.74 Å². The van der Waals surface area contributed by atoms with Crippen molar-refractivity contribution in [3.05, 3.63) is 36.2 Å². The monoisotopic (exact) mass is 360 g/mol. The maximum atomic E-state index is 13.1. The number of carbonyl (C=O) groups excluding carboxylic acids is 2. The minimum absolute atomic E-state index is 0.269. The lowest BCUT2D eigenvalue weighted by Gasteiger charge is -2.23. The van der Waals surface area contributed by atoms with E-state index in [2.05, 4.69) is 10.2 Å². The second-order valence-corrected chi connectivity index (χ2v) is 5.38. The normalized spacial score (nSPS) is 15.8. The summed E-state index contributed by atoms with van der Waals surface area (Å²) in [6.45, 7) is 4.50. The molecule has 140 valence electrons. The molecule has 2 aromatic rings. The van der Waals surface area contributed by atoms with Crippen LogP contribution in [0.4, 0.5) is 0 Å². The van der Waals surface area contributed by atoms with E-state index in [1.54, 1.807) is 18.2 Å². The molecule has 1 atom stereocenters. The second kappa shape index (κ2) is 8.98. The fourth-order valence-electron chi connectivity index (χ4n) is 2.87. The number of ether oxygens (including phenoxy) is 2. The average Bonchev–Trinajstić information content (AvgIpc) is 3.39. The first-order chi connectivity index (χ1) is 12.7. The molecule has 0 bridgehead atoms. The van der Waals surface area contributed by atoms with Gasteiger partial charge in [0.05, 0.1) is 37.9 Å². The maximum Gasteiger partial charge on any atom is 0.328 e. The lowest BCUT2D eigenvalue weighted by atomic mass is 10.1. The molecule has 0 aliphatic carbocycles. The molecule has 1 amide bonds.